The van der Waals surface area contributed by atoms with E-state index >= 15 is 0 Å². The van der Waals surface area contributed by atoms with Crippen molar-refractivity contribution in [2.45, 2.75) is 70.6 Å². The topological polar surface area (TPSA) is 38.5 Å². The number of hydrogen-bond acceptors (Lipinski definition) is 3. The molecule has 0 bridgehead atoms. The highest BCUT2D eigenvalue weighted by atomic mass is 16.5. The lowest BCUT2D eigenvalue weighted by Gasteiger charge is -2.47. The number of methoxy groups -OCH3 is 1. The van der Waals surface area contributed by atoms with E-state index in [0.29, 0.717) is 17.6 Å². The van der Waals surface area contributed by atoms with E-state index in [4.69, 9.17) is 10.5 Å². The molecule has 0 aromatic rings. The van der Waals surface area contributed by atoms with Crippen LogP contribution in [-0.2, 0) is 4.74 Å². The molecule has 0 aromatic heterocycles. The molecule has 2 N–H and O–H groups in total. The Hall–Kier alpha value is -0.120. The van der Waals surface area contributed by atoms with Crippen LogP contribution in [0.3, 0.4) is 0 Å². The SMILES string of the molecule is COC1CCN(C2CCCC(C)(C)C2)C(CN)C1. The van der Waals surface area contributed by atoms with Crippen molar-refractivity contribution in [3.05, 3.63) is 0 Å². The predicted octanol–water partition coefficient (Wildman–Crippen LogP) is 2.39. The van der Waals surface area contributed by atoms with Crippen LogP contribution in [0.2, 0.25) is 0 Å². The van der Waals surface area contributed by atoms with Crippen LogP contribution in [0.4, 0.5) is 0 Å². The molecule has 0 amide bonds. The summed E-state index contributed by atoms with van der Waals surface area (Å²) < 4.78 is 5.52. The van der Waals surface area contributed by atoms with Crippen LogP contribution in [0, 0.1) is 5.41 Å². The summed E-state index contributed by atoms with van der Waals surface area (Å²) >= 11 is 0. The number of nitrogens with zero attached hydrogens (tertiary/aromatic N) is 1. The lowest BCUT2D eigenvalue weighted by Crippen LogP contribution is -2.54. The minimum atomic E-state index is 0.423. The number of rotatable bonds is 3. The Bertz CT molecular complexity index is 267. The normalized spacial score (nSPS) is 37.7. The van der Waals surface area contributed by atoms with Gasteiger partial charge in [-0.3, -0.25) is 4.90 Å². The van der Waals surface area contributed by atoms with Gasteiger partial charge in [-0.1, -0.05) is 20.3 Å². The smallest absolute Gasteiger partial charge is 0.0599 e. The molecule has 1 aliphatic carbocycles. The lowest BCUT2D eigenvalue weighted by molar-refractivity contribution is -0.0220. The van der Waals surface area contributed by atoms with Crippen molar-refractivity contribution in [2.24, 2.45) is 11.1 Å². The minimum absolute atomic E-state index is 0.423. The maximum atomic E-state index is 5.99. The van der Waals surface area contributed by atoms with E-state index in [-0.39, 0.29) is 0 Å². The van der Waals surface area contributed by atoms with Crippen molar-refractivity contribution in [1.82, 2.24) is 4.90 Å². The van der Waals surface area contributed by atoms with E-state index < -0.39 is 0 Å². The third-order valence-corrected chi connectivity index (χ3v) is 4.97. The fourth-order valence-electron chi connectivity index (χ4n) is 3.90. The van der Waals surface area contributed by atoms with Gasteiger partial charge in [0.1, 0.15) is 0 Å². The third-order valence-electron chi connectivity index (χ3n) is 4.97. The van der Waals surface area contributed by atoms with E-state index in [0.717, 1.165) is 19.0 Å². The largest absolute Gasteiger partial charge is 0.381 e. The van der Waals surface area contributed by atoms with Crippen LogP contribution in [0.5, 0.6) is 0 Å². The van der Waals surface area contributed by atoms with Gasteiger partial charge in [0.15, 0.2) is 0 Å². The second-order valence-electron chi connectivity index (χ2n) is 6.92. The van der Waals surface area contributed by atoms with E-state index in [9.17, 15) is 0 Å². The first-order valence-corrected chi connectivity index (χ1v) is 7.54. The molecule has 3 nitrogen and oxygen atoms in total. The minimum Gasteiger partial charge on any atom is -0.381 e. The van der Waals surface area contributed by atoms with Crippen molar-refractivity contribution in [1.29, 1.82) is 0 Å². The van der Waals surface area contributed by atoms with Crippen molar-refractivity contribution in [3.8, 4) is 0 Å². The molecule has 2 fully saturated rings. The van der Waals surface area contributed by atoms with Crippen molar-refractivity contribution in [2.75, 3.05) is 20.2 Å². The summed E-state index contributed by atoms with van der Waals surface area (Å²) in [6.45, 7) is 6.77. The van der Waals surface area contributed by atoms with Crippen LogP contribution in [-0.4, -0.2) is 43.3 Å². The summed E-state index contributed by atoms with van der Waals surface area (Å²) in [5.74, 6) is 0. The quantitative estimate of drug-likeness (QED) is 0.840. The second-order valence-corrected chi connectivity index (χ2v) is 6.92. The van der Waals surface area contributed by atoms with E-state index in [1.165, 1.54) is 38.6 Å². The molecule has 1 saturated carbocycles. The van der Waals surface area contributed by atoms with Gasteiger partial charge in [-0.05, 0) is 37.5 Å². The molecule has 18 heavy (non-hydrogen) atoms. The molecule has 0 radical (unpaired) electrons. The van der Waals surface area contributed by atoms with Gasteiger partial charge >= 0.3 is 0 Å². The Balaban J connectivity index is 1.98. The molecule has 2 aliphatic rings. The van der Waals surface area contributed by atoms with Crippen molar-refractivity contribution in [3.63, 3.8) is 0 Å². The van der Waals surface area contributed by atoms with Crippen LogP contribution >= 0.6 is 0 Å². The monoisotopic (exact) mass is 254 g/mol. The molecular weight excluding hydrogens is 224 g/mol. The molecule has 3 unspecified atom stereocenters. The maximum Gasteiger partial charge on any atom is 0.0599 e. The standard InChI is InChI=1S/C15H30N2O/c1-15(2)7-4-5-12(10-15)17-8-6-14(18-3)9-13(17)11-16/h12-14H,4-11,16H2,1-3H3. The van der Waals surface area contributed by atoms with Gasteiger partial charge in [-0.15, -0.1) is 0 Å². The highest BCUT2D eigenvalue weighted by molar-refractivity contribution is 4.91. The summed E-state index contributed by atoms with van der Waals surface area (Å²) in [4.78, 5) is 2.69. The lowest BCUT2D eigenvalue weighted by atomic mass is 9.74. The summed E-state index contributed by atoms with van der Waals surface area (Å²) in [6.07, 6.45) is 8.16. The molecule has 1 saturated heterocycles. The Morgan fingerprint density at radius 2 is 2.11 bits per heavy atom. The van der Waals surface area contributed by atoms with Gasteiger partial charge in [-0.2, -0.15) is 0 Å². The van der Waals surface area contributed by atoms with E-state index in [2.05, 4.69) is 18.7 Å². The molecule has 1 aliphatic heterocycles. The summed E-state index contributed by atoms with van der Waals surface area (Å²) in [7, 11) is 1.83. The predicted molar refractivity (Wildman–Crippen MR) is 75.6 cm³/mol. The summed E-state index contributed by atoms with van der Waals surface area (Å²) in [6, 6.07) is 1.28. The van der Waals surface area contributed by atoms with Gasteiger partial charge in [-0.25, -0.2) is 0 Å². The number of hydrogen-bond donors (Lipinski definition) is 1. The van der Waals surface area contributed by atoms with Gasteiger partial charge in [0.25, 0.3) is 0 Å². The van der Waals surface area contributed by atoms with Gasteiger partial charge in [0.05, 0.1) is 6.10 Å². The Kier molecular flexibility index (Phi) is 4.68. The van der Waals surface area contributed by atoms with Crippen molar-refractivity contribution < 1.29 is 4.74 Å². The maximum absolute atomic E-state index is 5.99. The fourth-order valence-corrected chi connectivity index (χ4v) is 3.90. The Morgan fingerprint density at radius 1 is 1.33 bits per heavy atom. The summed E-state index contributed by atoms with van der Waals surface area (Å²) in [5.41, 5.74) is 6.50. The van der Waals surface area contributed by atoms with Gasteiger partial charge in [0.2, 0.25) is 0 Å². The second kappa shape index (κ2) is 5.89. The molecule has 0 aromatic carbocycles. The van der Waals surface area contributed by atoms with Crippen LogP contribution < -0.4 is 5.73 Å². The highest BCUT2D eigenvalue weighted by Crippen LogP contribution is 2.39. The first-order valence-electron chi connectivity index (χ1n) is 7.54. The molecule has 0 spiro atoms. The molecule has 3 heteroatoms. The first-order chi connectivity index (χ1) is 8.55. The highest BCUT2D eigenvalue weighted by Gasteiger charge is 2.36. The average molecular weight is 254 g/mol. The average Bonchev–Trinajstić information content (AvgIpc) is 2.36. The zero-order valence-corrected chi connectivity index (χ0v) is 12.3. The summed E-state index contributed by atoms with van der Waals surface area (Å²) in [5, 5.41) is 0. The number of likely N-dealkylation sites (tertiary alicyclic amines) is 1. The third kappa shape index (κ3) is 3.25. The zero-order valence-electron chi connectivity index (χ0n) is 12.3. The number of ether oxygens (including phenoxy) is 1. The van der Waals surface area contributed by atoms with E-state index in [1.807, 2.05) is 7.11 Å². The van der Waals surface area contributed by atoms with Crippen LogP contribution in [0.25, 0.3) is 0 Å². The molecule has 3 atom stereocenters. The number of nitrogens with two attached hydrogens (primary N) is 1. The fraction of sp³-hybridized carbons (Fsp3) is 1.00. The molecular formula is C15H30N2O. The van der Waals surface area contributed by atoms with Crippen LogP contribution in [0.1, 0.15) is 52.4 Å². The Morgan fingerprint density at radius 3 is 2.72 bits per heavy atom. The first kappa shape index (κ1) is 14.3. The molecule has 1 heterocycles. The molecule has 106 valence electrons. The number of piperidine rings is 1. The van der Waals surface area contributed by atoms with Crippen molar-refractivity contribution >= 4 is 0 Å². The Labute approximate surface area is 112 Å². The van der Waals surface area contributed by atoms with Crippen LogP contribution in [0.15, 0.2) is 0 Å². The zero-order chi connectivity index (χ0) is 13.2. The van der Waals surface area contributed by atoms with Gasteiger partial charge in [0, 0.05) is 32.3 Å². The van der Waals surface area contributed by atoms with Gasteiger partial charge < -0.3 is 10.5 Å². The van der Waals surface area contributed by atoms with E-state index in [1.54, 1.807) is 0 Å². The molecule has 2 rings (SSSR count).